The fourth-order valence-electron chi connectivity index (χ4n) is 3.10. The number of nitrogens with one attached hydrogen (secondary N) is 1. The van der Waals surface area contributed by atoms with E-state index in [1.807, 2.05) is 0 Å². The number of hydrogen-bond donors (Lipinski definition) is 1. The van der Waals surface area contributed by atoms with E-state index in [2.05, 4.69) is 10.2 Å². The molecule has 6 nitrogen and oxygen atoms in total. The van der Waals surface area contributed by atoms with Crippen LogP contribution >= 0.6 is 0 Å². The highest BCUT2D eigenvalue weighted by atomic mass is 19.2. The molecule has 0 aliphatic carbocycles. The minimum Gasteiger partial charge on any atom is -0.379 e. The van der Waals surface area contributed by atoms with Gasteiger partial charge in [-0.25, -0.2) is 18.0 Å². The predicted octanol–water partition coefficient (Wildman–Crippen LogP) is 2.06. The molecule has 0 bridgehead atoms. The summed E-state index contributed by atoms with van der Waals surface area (Å²) in [7, 11) is 0. The summed E-state index contributed by atoms with van der Waals surface area (Å²) in [6.07, 6.45) is 0.447. The van der Waals surface area contributed by atoms with E-state index in [4.69, 9.17) is 9.47 Å². The number of hydrogen-bond acceptors (Lipinski definition) is 4. The van der Waals surface area contributed by atoms with E-state index in [1.165, 1.54) is 4.90 Å². The molecule has 2 aliphatic rings. The van der Waals surface area contributed by atoms with Crippen LogP contribution in [0.2, 0.25) is 0 Å². The van der Waals surface area contributed by atoms with Crippen molar-refractivity contribution in [1.29, 1.82) is 0 Å². The molecular weight excluding hydrogens is 351 g/mol. The van der Waals surface area contributed by atoms with E-state index < -0.39 is 29.2 Å². The Bertz CT molecular complexity index is 641. The van der Waals surface area contributed by atoms with Crippen molar-refractivity contribution in [2.24, 2.45) is 0 Å². The first kappa shape index (κ1) is 18.9. The molecule has 0 radical (unpaired) electrons. The number of rotatable bonds is 3. The summed E-state index contributed by atoms with van der Waals surface area (Å²) in [6, 6.07) is 0.588. The molecule has 9 heteroatoms. The first-order chi connectivity index (χ1) is 12.5. The Morgan fingerprint density at radius 1 is 1.15 bits per heavy atom. The zero-order valence-electron chi connectivity index (χ0n) is 14.3. The molecule has 144 valence electrons. The standard InChI is InChI=1S/C17H22F3N3O3/c18-12-8-14(19)16(20)15(9-12)21-17(24)23-2-1-5-26-13(11-23)10-22-3-6-25-7-4-22/h8-9,13H,1-7,10-11H2,(H,21,24)/t13-/m0/s1. The third-order valence-corrected chi connectivity index (χ3v) is 4.44. The van der Waals surface area contributed by atoms with Crippen molar-refractivity contribution in [3.05, 3.63) is 29.6 Å². The number of halogens is 3. The minimum atomic E-state index is -1.34. The molecule has 2 saturated heterocycles. The Hall–Kier alpha value is -1.84. The van der Waals surface area contributed by atoms with Crippen molar-refractivity contribution in [2.75, 3.05) is 57.9 Å². The van der Waals surface area contributed by atoms with Gasteiger partial charge >= 0.3 is 6.03 Å². The molecule has 0 saturated carbocycles. The normalized spacial score (nSPS) is 22.1. The van der Waals surface area contributed by atoms with Crippen molar-refractivity contribution in [3.63, 3.8) is 0 Å². The first-order valence-electron chi connectivity index (χ1n) is 8.65. The van der Waals surface area contributed by atoms with Gasteiger partial charge in [0.05, 0.1) is 25.0 Å². The van der Waals surface area contributed by atoms with Gasteiger partial charge in [-0.05, 0) is 6.42 Å². The Morgan fingerprint density at radius 2 is 1.92 bits per heavy atom. The number of morpholine rings is 1. The summed E-state index contributed by atoms with van der Waals surface area (Å²) in [5.41, 5.74) is -0.512. The lowest BCUT2D eigenvalue weighted by Gasteiger charge is -2.31. The smallest absolute Gasteiger partial charge is 0.322 e. The molecule has 2 amide bonds. The van der Waals surface area contributed by atoms with Gasteiger partial charge in [0.2, 0.25) is 0 Å². The number of ether oxygens (including phenoxy) is 2. The van der Waals surface area contributed by atoms with Crippen LogP contribution in [0.25, 0.3) is 0 Å². The van der Waals surface area contributed by atoms with Crippen LogP contribution in [0.1, 0.15) is 6.42 Å². The molecule has 3 rings (SSSR count). The molecule has 1 aromatic carbocycles. The number of amides is 2. The second-order valence-corrected chi connectivity index (χ2v) is 6.38. The predicted molar refractivity (Wildman–Crippen MR) is 88.5 cm³/mol. The highest BCUT2D eigenvalue weighted by Crippen LogP contribution is 2.20. The van der Waals surface area contributed by atoms with Crippen molar-refractivity contribution in [3.8, 4) is 0 Å². The Morgan fingerprint density at radius 3 is 2.69 bits per heavy atom. The monoisotopic (exact) mass is 373 g/mol. The van der Waals surface area contributed by atoms with E-state index >= 15 is 0 Å². The summed E-state index contributed by atoms with van der Waals surface area (Å²) >= 11 is 0. The average molecular weight is 373 g/mol. The van der Waals surface area contributed by atoms with E-state index in [0.717, 1.165) is 19.2 Å². The molecule has 1 atom stereocenters. The van der Waals surface area contributed by atoms with Gasteiger partial charge in [-0.3, -0.25) is 4.90 Å². The summed E-state index contributed by atoms with van der Waals surface area (Å²) in [4.78, 5) is 16.1. The Kier molecular flexibility index (Phi) is 6.33. The third kappa shape index (κ3) is 4.87. The Balaban J connectivity index is 1.62. The molecule has 2 fully saturated rings. The second-order valence-electron chi connectivity index (χ2n) is 6.38. The van der Waals surface area contributed by atoms with Gasteiger partial charge in [0.1, 0.15) is 5.82 Å². The van der Waals surface area contributed by atoms with Gasteiger partial charge < -0.3 is 19.7 Å². The van der Waals surface area contributed by atoms with Crippen LogP contribution in [-0.2, 0) is 9.47 Å². The lowest BCUT2D eigenvalue weighted by molar-refractivity contribution is -0.00983. The highest BCUT2D eigenvalue weighted by Gasteiger charge is 2.26. The van der Waals surface area contributed by atoms with Crippen LogP contribution < -0.4 is 5.32 Å². The Labute approximate surface area is 149 Å². The van der Waals surface area contributed by atoms with E-state index in [9.17, 15) is 18.0 Å². The maximum atomic E-state index is 13.8. The van der Waals surface area contributed by atoms with Gasteiger partial charge in [-0.15, -0.1) is 0 Å². The first-order valence-corrected chi connectivity index (χ1v) is 8.65. The third-order valence-electron chi connectivity index (χ3n) is 4.44. The lowest BCUT2D eigenvalue weighted by atomic mass is 10.2. The largest absolute Gasteiger partial charge is 0.379 e. The van der Waals surface area contributed by atoms with E-state index in [0.29, 0.717) is 51.9 Å². The number of carbonyl (C=O) groups is 1. The molecule has 1 N–H and O–H groups in total. The summed E-state index contributed by atoms with van der Waals surface area (Å²) < 4.78 is 51.5. The number of urea groups is 1. The molecular formula is C17H22F3N3O3. The summed E-state index contributed by atoms with van der Waals surface area (Å²) in [5, 5.41) is 2.26. The molecule has 0 unspecified atom stereocenters. The van der Waals surface area contributed by atoms with Crippen LogP contribution in [0.3, 0.4) is 0 Å². The zero-order chi connectivity index (χ0) is 18.5. The molecule has 2 heterocycles. The van der Waals surface area contributed by atoms with Gasteiger partial charge in [-0.1, -0.05) is 0 Å². The van der Waals surface area contributed by atoms with Crippen molar-refractivity contribution >= 4 is 11.7 Å². The summed E-state index contributed by atoms with van der Waals surface area (Å²) in [5.74, 6) is -3.58. The topological polar surface area (TPSA) is 54.0 Å². The summed E-state index contributed by atoms with van der Waals surface area (Å²) in [6.45, 7) is 4.87. The van der Waals surface area contributed by atoms with Gasteiger partial charge in [-0.2, -0.15) is 0 Å². The van der Waals surface area contributed by atoms with Crippen molar-refractivity contribution in [2.45, 2.75) is 12.5 Å². The van der Waals surface area contributed by atoms with E-state index in [1.54, 1.807) is 0 Å². The van der Waals surface area contributed by atoms with Gasteiger partial charge in [0, 0.05) is 51.5 Å². The van der Waals surface area contributed by atoms with Crippen LogP contribution in [0, 0.1) is 17.5 Å². The molecule has 2 aliphatic heterocycles. The highest BCUT2D eigenvalue weighted by molar-refractivity contribution is 5.89. The molecule has 26 heavy (non-hydrogen) atoms. The molecule has 0 spiro atoms. The van der Waals surface area contributed by atoms with Gasteiger partial charge in [0.25, 0.3) is 0 Å². The van der Waals surface area contributed by atoms with Crippen LogP contribution in [0.5, 0.6) is 0 Å². The minimum absolute atomic E-state index is 0.185. The quantitative estimate of drug-likeness (QED) is 0.825. The molecule has 1 aromatic rings. The fourth-order valence-corrected chi connectivity index (χ4v) is 3.10. The number of carbonyl (C=O) groups excluding carboxylic acids is 1. The van der Waals surface area contributed by atoms with Crippen LogP contribution in [0.4, 0.5) is 23.7 Å². The number of benzene rings is 1. The van der Waals surface area contributed by atoms with Crippen molar-refractivity contribution in [1.82, 2.24) is 9.80 Å². The second kappa shape index (κ2) is 8.70. The van der Waals surface area contributed by atoms with Crippen molar-refractivity contribution < 1.29 is 27.4 Å². The molecule has 0 aromatic heterocycles. The van der Waals surface area contributed by atoms with Crippen LogP contribution in [-0.4, -0.2) is 74.5 Å². The fraction of sp³-hybridized carbons (Fsp3) is 0.588. The lowest BCUT2D eigenvalue weighted by Crippen LogP contribution is -2.46. The number of nitrogens with zero attached hydrogens (tertiary/aromatic N) is 2. The average Bonchev–Trinajstić information content (AvgIpc) is 2.86. The maximum Gasteiger partial charge on any atom is 0.322 e. The van der Waals surface area contributed by atoms with E-state index in [-0.39, 0.29) is 6.10 Å². The maximum absolute atomic E-state index is 13.8. The number of anilines is 1. The van der Waals surface area contributed by atoms with Crippen LogP contribution in [0.15, 0.2) is 12.1 Å². The SMILES string of the molecule is O=C(Nc1cc(F)cc(F)c1F)N1CCCO[C@@H](CN2CCOCC2)C1. The van der Waals surface area contributed by atoms with Gasteiger partial charge in [0.15, 0.2) is 11.6 Å². The zero-order valence-corrected chi connectivity index (χ0v) is 14.3.